The fraction of sp³-hybridized carbons (Fsp3) is 0.633. The van der Waals surface area contributed by atoms with Gasteiger partial charge in [-0.3, -0.25) is 14.4 Å². The smallest absolute Gasteiger partial charge is 0.310 e. The van der Waals surface area contributed by atoms with Crippen LogP contribution in [-0.4, -0.2) is 67.3 Å². The number of likely N-dealkylation sites (tertiary alicyclic amines) is 1. The number of halogens is 4. The number of aryl methyl sites for hydroxylation is 1. The quantitative estimate of drug-likeness (QED) is 0.440. The molecule has 2 saturated carbocycles. The van der Waals surface area contributed by atoms with Gasteiger partial charge in [0, 0.05) is 43.7 Å². The Labute approximate surface area is 257 Å². The molecule has 1 aromatic carbocycles. The molecule has 6 rings (SSSR count). The highest BCUT2D eigenvalue weighted by Crippen LogP contribution is 2.54. The lowest BCUT2D eigenvalue weighted by molar-refractivity contribution is -0.162. The summed E-state index contributed by atoms with van der Waals surface area (Å²) in [6.45, 7) is 1.80. The number of aliphatic carboxylic acids is 1. The fourth-order valence-corrected chi connectivity index (χ4v) is 7.67. The number of amides is 2. The Bertz CT molecular complexity index is 1510. The van der Waals surface area contributed by atoms with Crippen molar-refractivity contribution in [3.63, 3.8) is 0 Å². The van der Waals surface area contributed by atoms with Crippen molar-refractivity contribution in [1.29, 1.82) is 0 Å². The van der Waals surface area contributed by atoms with Crippen LogP contribution in [0.1, 0.15) is 86.9 Å². The van der Waals surface area contributed by atoms with Crippen LogP contribution in [0.25, 0.3) is 0 Å². The van der Waals surface area contributed by atoms with E-state index in [2.05, 4.69) is 10.3 Å². The molecule has 2 aliphatic carbocycles. The molecule has 4 aliphatic rings. The summed E-state index contributed by atoms with van der Waals surface area (Å²) in [6.07, 6.45) is 1.71. The number of carboxylic acid groups (broad SMARTS) is 1. The SMILES string of the molecule is Cn1nnc(COc2c(F)cc(Cl)c3c2[C@@H](CN2CC4(CC4)CC2=O)N(C(=O)[C@@H]2CCCC[C@]2(C)C(=O)O)CC3)c1C(F)F. The lowest BCUT2D eigenvalue weighted by atomic mass is 9.66. The van der Waals surface area contributed by atoms with Gasteiger partial charge in [0.15, 0.2) is 11.6 Å². The van der Waals surface area contributed by atoms with Gasteiger partial charge in [0.2, 0.25) is 11.8 Å². The average molecular weight is 638 g/mol. The fourth-order valence-electron chi connectivity index (χ4n) is 7.38. The van der Waals surface area contributed by atoms with Crippen molar-refractivity contribution in [1.82, 2.24) is 24.8 Å². The highest BCUT2D eigenvalue weighted by molar-refractivity contribution is 6.31. The molecule has 1 saturated heterocycles. The number of fused-ring (bicyclic) bond motifs is 1. The van der Waals surface area contributed by atoms with Crippen molar-refractivity contribution in [3.05, 3.63) is 39.4 Å². The average Bonchev–Trinajstić information content (AvgIpc) is 3.50. The van der Waals surface area contributed by atoms with Gasteiger partial charge in [-0.25, -0.2) is 17.9 Å². The molecular formula is C30H35ClF3N5O5. The van der Waals surface area contributed by atoms with Crippen LogP contribution in [0.5, 0.6) is 5.75 Å². The number of carbonyl (C=O) groups excluding carboxylic acids is 2. The molecule has 2 aliphatic heterocycles. The maximum atomic E-state index is 15.8. The molecule has 238 valence electrons. The molecule has 2 aromatic rings. The molecule has 0 bridgehead atoms. The molecule has 0 radical (unpaired) electrons. The summed E-state index contributed by atoms with van der Waals surface area (Å²) in [6, 6.07) is 0.196. The summed E-state index contributed by atoms with van der Waals surface area (Å²) in [5.41, 5.74) is -1.21. The number of hydrogen-bond donors (Lipinski definition) is 1. The Kier molecular flexibility index (Phi) is 7.82. The molecular weight excluding hydrogens is 603 g/mol. The Balaban J connectivity index is 1.41. The zero-order chi connectivity index (χ0) is 31.6. The van der Waals surface area contributed by atoms with E-state index in [0.717, 1.165) is 23.6 Å². The van der Waals surface area contributed by atoms with Crippen LogP contribution in [0.2, 0.25) is 5.02 Å². The summed E-state index contributed by atoms with van der Waals surface area (Å²) in [5.74, 6) is -3.43. The molecule has 2 amide bonds. The molecule has 10 nitrogen and oxygen atoms in total. The second-order valence-electron chi connectivity index (χ2n) is 13.0. The first-order chi connectivity index (χ1) is 20.8. The molecule has 1 aromatic heterocycles. The summed E-state index contributed by atoms with van der Waals surface area (Å²) >= 11 is 6.55. The van der Waals surface area contributed by atoms with Crippen molar-refractivity contribution in [2.24, 2.45) is 23.8 Å². The standard InChI is InChI=1S/C30H35ClF3N5O5/c1-29(28(42)43)7-4-3-5-17(29)27(41)39-10-6-16-18(31)11-19(32)25(44-14-20-24(26(33)34)37(2)36-35-20)23(16)21(39)13-38-15-30(8-9-30)12-22(38)40/h11,17,21,26H,3-10,12-15H2,1-2H3,(H,42,43)/t17-,21+,29-/m0/s1. The highest BCUT2D eigenvalue weighted by Gasteiger charge is 2.54. The van der Waals surface area contributed by atoms with Gasteiger partial charge in [0.1, 0.15) is 18.0 Å². The number of aromatic nitrogens is 3. The predicted molar refractivity (Wildman–Crippen MR) is 150 cm³/mol. The van der Waals surface area contributed by atoms with E-state index in [4.69, 9.17) is 16.3 Å². The van der Waals surface area contributed by atoms with E-state index in [0.29, 0.717) is 44.2 Å². The Hall–Kier alpha value is -3.35. The monoisotopic (exact) mass is 637 g/mol. The first-order valence-electron chi connectivity index (χ1n) is 15.0. The molecule has 1 spiro atoms. The number of ether oxygens (including phenoxy) is 1. The molecule has 44 heavy (non-hydrogen) atoms. The Morgan fingerprint density at radius 1 is 1.25 bits per heavy atom. The van der Waals surface area contributed by atoms with Crippen LogP contribution in [0, 0.1) is 22.6 Å². The number of nitrogens with zero attached hydrogens (tertiary/aromatic N) is 5. The van der Waals surface area contributed by atoms with Crippen LogP contribution < -0.4 is 4.74 Å². The van der Waals surface area contributed by atoms with E-state index in [1.54, 1.807) is 16.7 Å². The van der Waals surface area contributed by atoms with Crippen LogP contribution in [-0.2, 0) is 34.5 Å². The van der Waals surface area contributed by atoms with Crippen LogP contribution in [0.3, 0.4) is 0 Å². The third kappa shape index (κ3) is 5.20. The number of carbonyl (C=O) groups is 3. The van der Waals surface area contributed by atoms with Gasteiger partial charge in [0.25, 0.3) is 6.43 Å². The lowest BCUT2D eigenvalue weighted by Crippen LogP contribution is -2.52. The molecule has 14 heteroatoms. The zero-order valence-electron chi connectivity index (χ0n) is 24.6. The van der Waals surface area contributed by atoms with E-state index in [-0.39, 0.29) is 58.8 Å². The summed E-state index contributed by atoms with van der Waals surface area (Å²) in [5, 5.41) is 17.7. The van der Waals surface area contributed by atoms with Crippen LogP contribution in [0.15, 0.2) is 6.07 Å². The normalized spacial score (nSPS) is 25.9. The van der Waals surface area contributed by atoms with Gasteiger partial charge in [-0.1, -0.05) is 29.7 Å². The Morgan fingerprint density at radius 2 is 2.00 bits per heavy atom. The topological polar surface area (TPSA) is 118 Å². The van der Waals surface area contributed by atoms with E-state index in [9.17, 15) is 28.3 Å². The second-order valence-corrected chi connectivity index (χ2v) is 13.4. The maximum absolute atomic E-state index is 15.8. The molecule has 3 fully saturated rings. The molecule has 3 heterocycles. The summed E-state index contributed by atoms with van der Waals surface area (Å²) < 4.78 is 50.0. The summed E-state index contributed by atoms with van der Waals surface area (Å²) in [7, 11) is 1.32. The minimum Gasteiger partial charge on any atom is -0.484 e. The summed E-state index contributed by atoms with van der Waals surface area (Å²) in [4.78, 5) is 43.2. The van der Waals surface area contributed by atoms with Crippen molar-refractivity contribution in [2.75, 3.05) is 19.6 Å². The minimum atomic E-state index is -2.89. The third-order valence-corrected chi connectivity index (χ3v) is 10.5. The van der Waals surface area contributed by atoms with E-state index in [1.165, 1.54) is 7.05 Å². The van der Waals surface area contributed by atoms with Crippen molar-refractivity contribution >= 4 is 29.4 Å². The number of rotatable bonds is 8. The van der Waals surface area contributed by atoms with Gasteiger partial charge < -0.3 is 19.6 Å². The number of benzene rings is 1. The van der Waals surface area contributed by atoms with E-state index in [1.807, 2.05) is 0 Å². The van der Waals surface area contributed by atoms with Gasteiger partial charge in [-0.2, -0.15) is 0 Å². The van der Waals surface area contributed by atoms with Crippen molar-refractivity contribution in [3.8, 4) is 5.75 Å². The first kappa shape index (κ1) is 30.7. The third-order valence-electron chi connectivity index (χ3n) is 10.2. The highest BCUT2D eigenvalue weighted by atomic mass is 35.5. The van der Waals surface area contributed by atoms with Crippen molar-refractivity contribution in [2.45, 2.75) is 77.4 Å². The van der Waals surface area contributed by atoms with Gasteiger partial charge in [0.05, 0.1) is 17.4 Å². The van der Waals surface area contributed by atoms with Gasteiger partial charge in [-0.15, -0.1) is 5.10 Å². The number of carboxylic acids is 1. The number of alkyl halides is 2. The van der Waals surface area contributed by atoms with Crippen molar-refractivity contribution < 1.29 is 37.4 Å². The van der Waals surface area contributed by atoms with E-state index < -0.39 is 47.9 Å². The predicted octanol–water partition coefficient (Wildman–Crippen LogP) is 4.84. The van der Waals surface area contributed by atoms with Crippen LogP contribution in [0.4, 0.5) is 13.2 Å². The number of hydrogen-bond acceptors (Lipinski definition) is 6. The molecule has 1 N–H and O–H groups in total. The largest absolute Gasteiger partial charge is 0.484 e. The first-order valence-corrected chi connectivity index (χ1v) is 15.3. The zero-order valence-corrected chi connectivity index (χ0v) is 25.4. The maximum Gasteiger partial charge on any atom is 0.310 e. The van der Waals surface area contributed by atoms with Crippen LogP contribution >= 0.6 is 11.6 Å². The van der Waals surface area contributed by atoms with Gasteiger partial charge in [-0.05, 0) is 56.1 Å². The Morgan fingerprint density at radius 3 is 2.66 bits per heavy atom. The molecule has 0 unspecified atom stereocenters. The lowest BCUT2D eigenvalue weighted by Gasteiger charge is -2.45. The van der Waals surface area contributed by atoms with E-state index >= 15 is 4.39 Å². The molecule has 3 atom stereocenters. The van der Waals surface area contributed by atoms with Gasteiger partial charge >= 0.3 is 5.97 Å². The minimum absolute atomic E-state index is 0.0411. The second kappa shape index (κ2) is 11.2.